The summed E-state index contributed by atoms with van der Waals surface area (Å²) in [6.07, 6.45) is 3.38. The van der Waals surface area contributed by atoms with Crippen molar-refractivity contribution in [1.82, 2.24) is 5.32 Å². The number of carboxylic acids is 2. The van der Waals surface area contributed by atoms with Gasteiger partial charge in [0.1, 0.15) is 12.4 Å². The predicted octanol–water partition coefficient (Wildman–Crippen LogP) is 1.22. The molecule has 2 aliphatic heterocycles. The molecule has 0 spiro atoms. The molecule has 0 atom stereocenters. The number of anilines is 1. The van der Waals surface area contributed by atoms with Gasteiger partial charge < -0.3 is 25.2 Å². The minimum atomic E-state index is -1.26. The average Bonchev–Trinajstić information content (AvgIpc) is 2.80. The lowest BCUT2D eigenvalue weighted by molar-refractivity contribution is -0.134. The number of carboxylic acid groups (broad SMARTS) is 2. The summed E-state index contributed by atoms with van der Waals surface area (Å²) < 4.78 is 5.87. The van der Waals surface area contributed by atoms with E-state index in [0.717, 1.165) is 44.8 Å². The number of nitrogens with zero attached hydrogens (tertiary/aromatic N) is 1. The molecule has 2 aliphatic rings. The molecule has 0 aromatic heterocycles. The predicted molar refractivity (Wildman–Crippen MR) is 94.6 cm³/mol. The van der Waals surface area contributed by atoms with Crippen LogP contribution in [0.15, 0.2) is 18.2 Å². The van der Waals surface area contributed by atoms with Crippen molar-refractivity contribution in [2.24, 2.45) is 0 Å². The summed E-state index contributed by atoms with van der Waals surface area (Å²) in [6, 6.07) is 2.34. The van der Waals surface area contributed by atoms with Crippen LogP contribution in [0.5, 0.6) is 5.75 Å². The zero-order chi connectivity index (χ0) is 18.4. The Balaban J connectivity index is 0.000000242. The molecule has 0 aliphatic carbocycles. The largest absolute Gasteiger partial charge is 0.489 e. The number of ether oxygens (including phenoxy) is 1. The molecule has 3 N–H and O–H groups in total. The van der Waals surface area contributed by atoms with E-state index in [9.17, 15) is 9.59 Å². The van der Waals surface area contributed by atoms with Crippen LogP contribution in [-0.2, 0) is 22.4 Å². The maximum Gasteiger partial charge on any atom is 0.328 e. The number of carbonyl (C=O) groups is 2. The third-order valence-corrected chi connectivity index (χ3v) is 4.30. The van der Waals surface area contributed by atoms with Crippen molar-refractivity contribution < 1.29 is 24.5 Å². The Morgan fingerprint density at radius 1 is 1.20 bits per heavy atom. The average molecular weight is 348 g/mol. The molecule has 0 saturated carbocycles. The van der Waals surface area contributed by atoms with E-state index in [-0.39, 0.29) is 0 Å². The van der Waals surface area contributed by atoms with Gasteiger partial charge in [0, 0.05) is 19.2 Å². The Hall–Kier alpha value is -2.54. The minimum Gasteiger partial charge on any atom is -0.489 e. The molecule has 0 saturated heterocycles. The Morgan fingerprint density at radius 3 is 2.48 bits per heavy atom. The first-order chi connectivity index (χ1) is 11.9. The van der Waals surface area contributed by atoms with E-state index < -0.39 is 11.9 Å². The lowest BCUT2D eigenvalue weighted by atomic mass is 9.95. The van der Waals surface area contributed by atoms with Gasteiger partial charge in [-0.25, -0.2) is 9.59 Å². The van der Waals surface area contributed by atoms with E-state index in [1.807, 2.05) is 0 Å². The fourth-order valence-corrected chi connectivity index (χ4v) is 3.03. The number of nitrogens with one attached hydrogen (secondary N) is 1. The van der Waals surface area contributed by atoms with E-state index >= 15 is 0 Å². The second-order valence-electron chi connectivity index (χ2n) is 6.02. The zero-order valence-electron chi connectivity index (χ0n) is 14.5. The van der Waals surface area contributed by atoms with Gasteiger partial charge in [0.05, 0.1) is 12.2 Å². The molecule has 7 heteroatoms. The first kappa shape index (κ1) is 18.8. The van der Waals surface area contributed by atoms with Crippen LogP contribution in [0.3, 0.4) is 0 Å². The van der Waals surface area contributed by atoms with Crippen LogP contribution in [0.25, 0.3) is 0 Å². The smallest absolute Gasteiger partial charge is 0.328 e. The molecule has 0 radical (unpaired) electrons. The molecule has 3 rings (SSSR count). The quantitative estimate of drug-likeness (QED) is 0.691. The van der Waals surface area contributed by atoms with Crippen molar-refractivity contribution >= 4 is 17.6 Å². The van der Waals surface area contributed by atoms with E-state index in [4.69, 9.17) is 14.9 Å². The van der Waals surface area contributed by atoms with Crippen molar-refractivity contribution in [2.75, 3.05) is 38.2 Å². The number of benzene rings is 1. The molecule has 0 fully saturated rings. The highest BCUT2D eigenvalue weighted by molar-refractivity contribution is 5.89. The van der Waals surface area contributed by atoms with Crippen molar-refractivity contribution in [3.8, 4) is 5.75 Å². The van der Waals surface area contributed by atoms with Gasteiger partial charge in [0.15, 0.2) is 0 Å². The highest BCUT2D eigenvalue weighted by Gasteiger charge is 2.22. The van der Waals surface area contributed by atoms with Gasteiger partial charge in [-0.2, -0.15) is 0 Å². The number of hydrogen-bond donors (Lipinski definition) is 3. The molecule has 25 heavy (non-hydrogen) atoms. The highest BCUT2D eigenvalue weighted by atomic mass is 16.5. The monoisotopic (exact) mass is 348 g/mol. The maximum absolute atomic E-state index is 9.55. The number of hydrogen-bond acceptors (Lipinski definition) is 5. The summed E-state index contributed by atoms with van der Waals surface area (Å²) >= 11 is 0. The highest BCUT2D eigenvalue weighted by Crippen LogP contribution is 2.38. The Labute approximate surface area is 146 Å². The standard InChI is InChI=1S/C14H20N2O.C4H4O4/c1-10-12-4-6-15-5-3-11(12)9-13-14(10)17-8-7-16(13)2;5-3(6)1-2-4(7)8/h9,15H,3-8H2,1-2H3;1-2H,(H,5,6)(H,7,8)/b;2-1+. The molecule has 0 bridgehead atoms. The molecule has 136 valence electrons. The van der Waals surface area contributed by atoms with Crippen LogP contribution in [0.2, 0.25) is 0 Å². The van der Waals surface area contributed by atoms with E-state index in [0.29, 0.717) is 12.2 Å². The molecule has 0 unspecified atom stereocenters. The number of rotatable bonds is 2. The third-order valence-electron chi connectivity index (χ3n) is 4.30. The lowest BCUT2D eigenvalue weighted by Gasteiger charge is -2.30. The minimum absolute atomic E-state index is 0.558. The Morgan fingerprint density at radius 2 is 1.84 bits per heavy atom. The number of likely N-dealkylation sites (N-methyl/N-ethyl adjacent to an activating group) is 1. The van der Waals surface area contributed by atoms with Crippen LogP contribution in [0.1, 0.15) is 16.7 Å². The number of aliphatic carboxylic acids is 2. The third kappa shape index (κ3) is 4.96. The van der Waals surface area contributed by atoms with Gasteiger partial charge >= 0.3 is 11.9 Å². The van der Waals surface area contributed by atoms with Gasteiger partial charge in [0.2, 0.25) is 0 Å². The van der Waals surface area contributed by atoms with E-state index in [2.05, 4.69) is 30.3 Å². The lowest BCUT2D eigenvalue weighted by Crippen LogP contribution is -2.29. The first-order valence-electron chi connectivity index (χ1n) is 8.24. The maximum atomic E-state index is 9.55. The van der Waals surface area contributed by atoms with Crippen molar-refractivity contribution in [3.63, 3.8) is 0 Å². The molecule has 7 nitrogen and oxygen atoms in total. The van der Waals surface area contributed by atoms with Crippen molar-refractivity contribution in [2.45, 2.75) is 19.8 Å². The van der Waals surface area contributed by atoms with Crippen molar-refractivity contribution in [1.29, 1.82) is 0 Å². The normalized spacial score (nSPS) is 16.0. The molecule has 1 aromatic carbocycles. The van der Waals surface area contributed by atoms with Gasteiger partial charge in [-0.1, -0.05) is 0 Å². The molecule has 0 amide bonds. The van der Waals surface area contributed by atoms with E-state index in [1.165, 1.54) is 22.4 Å². The zero-order valence-corrected chi connectivity index (χ0v) is 14.5. The molecule has 1 aromatic rings. The van der Waals surface area contributed by atoms with Crippen LogP contribution in [0, 0.1) is 6.92 Å². The Kier molecular flexibility index (Phi) is 6.41. The van der Waals surface area contributed by atoms with Crippen LogP contribution < -0.4 is 15.0 Å². The topological polar surface area (TPSA) is 99.1 Å². The molecular formula is C18H24N2O5. The van der Waals surface area contributed by atoms with E-state index in [1.54, 1.807) is 0 Å². The first-order valence-corrected chi connectivity index (χ1v) is 8.24. The van der Waals surface area contributed by atoms with Gasteiger partial charge in [0.25, 0.3) is 0 Å². The molecular weight excluding hydrogens is 324 g/mol. The summed E-state index contributed by atoms with van der Waals surface area (Å²) in [6.45, 7) is 6.19. The second-order valence-corrected chi connectivity index (χ2v) is 6.02. The van der Waals surface area contributed by atoms with Crippen LogP contribution >= 0.6 is 0 Å². The number of fused-ring (bicyclic) bond motifs is 2. The van der Waals surface area contributed by atoms with Crippen LogP contribution in [-0.4, -0.2) is 55.4 Å². The van der Waals surface area contributed by atoms with Gasteiger partial charge in [-0.05, 0) is 55.6 Å². The summed E-state index contributed by atoms with van der Waals surface area (Å²) in [5.74, 6) is -1.40. The fraction of sp³-hybridized carbons (Fsp3) is 0.444. The summed E-state index contributed by atoms with van der Waals surface area (Å²) in [5.41, 5.74) is 5.63. The second kappa shape index (κ2) is 8.53. The van der Waals surface area contributed by atoms with Crippen molar-refractivity contribution in [3.05, 3.63) is 34.9 Å². The molecule has 2 heterocycles. The van der Waals surface area contributed by atoms with Gasteiger partial charge in [-0.15, -0.1) is 0 Å². The van der Waals surface area contributed by atoms with Crippen LogP contribution in [0.4, 0.5) is 5.69 Å². The van der Waals surface area contributed by atoms with Gasteiger partial charge in [-0.3, -0.25) is 0 Å². The fourth-order valence-electron chi connectivity index (χ4n) is 3.03. The summed E-state index contributed by atoms with van der Waals surface area (Å²) in [5, 5.41) is 19.1. The summed E-state index contributed by atoms with van der Waals surface area (Å²) in [7, 11) is 2.15. The summed E-state index contributed by atoms with van der Waals surface area (Å²) in [4.78, 5) is 21.4. The SMILES string of the molecule is Cc1c2c(cc3c1OCCN3C)CCNCC2.O=C(O)/C=C/C(=O)O. The Bertz CT molecular complexity index is 669.